The molecule has 32 heavy (non-hydrogen) atoms. The fourth-order valence-electron chi connectivity index (χ4n) is 3.66. The van der Waals surface area contributed by atoms with Crippen LogP contribution in [0.15, 0.2) is 47.4 Å². The largest absolute Gasteiger partial charge is 0.497 e. The number of anilines is 2. The predicted molar refractivity (Wildman–Crippen MR) is 124 cm³/mol. The SMILES string of the molecule is COc1ccc(OC)c(N2CC(C(=O)N(C)CC(=O)Nc3ccccc3SC)CC2=O)c1. The van der Waals surface area contributed by atoms with Crippen molar-refractivity contribution in [2.45, 2.75) is 11.3 Å². The summed E-state index contributed by atoms with van der Waals surface area (Å²) < 4.78 is 10.6. The Balaban J connectivity index is 1.66. The van der Waals surface area contributed by atoms with Crippen LogP contribution in [0, 0.1) is 5.92 Å². The first-order valence-electron chi connectivity index (χ1n) is 10.1. The molecule has 1 fully saturated rings. The van der Waals surface area contributed by atoms with Crippen LogP contribution in [-0.2, 0) is 14.4 Å². The Labute approximate surface area is 191 Å². The van der Waals surface area contributed by atoms with E-state index in [9.17, 15) is 14.4 Å². The predicted octanol–water partition coefficient (Wildman–Crippen LogP) is 2.88. The molecule has 3 rings (SSSR count). The lowest BCUT2D eigenvalue weighted by atomic mass is 10.1. The number of nitrogens with zero attached hydrogens (tertiary/aromatic N) is 2. The molecule has 0 radical (unpaired) electrons. The Morgan fingerprint density at radius 2 is 1.94 bits per heavy atom. The second-order valence-corrected chi connectivity index (χ2v) is 8.23. The highest BCUT2D eigenvalue weighted by molar-refractivity contribution is 7.98. The van der Waals surface area contributed by atoms with Crippen LogP contribution < -0.4 is 19.7 Å². The Morgan fingerprint density at radius 1 is 1.19 bits per heavy atom. The number of rotatable bonds is 8. The molecule has 0 saturated carbocycles. The van der Waals surface area contributed by atoms with Crippen LogP contribution >= 0.6 is 11.8 Å². The van der Waals surface area contributed by atoms with Crippen molar-refractivity contribution in [3.05, 3.63) is 42.5 Å². The molecule has 1 aliphatic rings. The summed E-state index contributed by atoms with van der Waals surface area (Å²) in [5, 5.41) is 2.85. The molecule has 1 N–H and O–H groups in total. The van der Waals surface area contributed by atoms with Crippen molar-refractivity contribution in [1.82, 2.24) is 4.90 Å². The summed E-state index contributed by atoms with van der Waals surface area (Å²) in [5.74, 6) is -0.166. The van der Waals surface area contributed by atoms with Gasteiger partial charge in [0.05, 0.1) is 38.1 Å². The van der Waals surface area contributed by atoms with Gasteiger partial charge in [-0.1, -0.05) is 12.1 Å². The zero-order chi connectivity index (χ0) is 23.3. The minimum absolute atomic E-state index is 0.0699. The van der Waals surface area contributed by atoms with Gasteiger partial charge in [0.15, 0.2) is 0 Å². The van der Waals surface area contributed by atoms with Gasteiger partial charge in [-0.15, -0.1) is 11.8 Å². The fraction of sp³-hybridized carbons (Fsp3) is 0.348. The van der Waals surface area contributed by atoms with Crippen LogP contribution in [0.3, 0.4) is 0 Å². The van der Waals surface area contributed by atoms with E-state index in [-0.39, 0.29) is 37.2 Å². The average molecular weight is 458 g/mol. The maximum Gasteiger partial charge on any atom is 0.244 e. The number of hydrogen-bond donors (Lipinski definition) is 1. The Morgan fingerprint density at radius 3 is 2.62 bits per heavy atom. The van der Waals surface area contributed by atoms with E-state index in [1.165, 1.54) is 28.7 Å². The second kappa shape index (κ2) is 10.4. The number of methoxy groups -OCH3 is 2. The Bertz CT molecular complexity index is 1010. The molecular weight excluding hydrogens is 430 g/mol. The molecule has 1 saturated heterocycles. The first-order valence-corrected chi connectivity index (χ1v) is 11.3. The normalized spacial score (nSPS) is 15.4. The zero-order valence-corrected chi connectivity index (χ0v) is 19.4. The number of benzene rings is 2. The van der Waals surface area contributed by atoms with Crippen LogP contribution in [0.2, 0.25) is 0 Å². The molecule has 0 spiro atoms. The quantitative estimate of drug-likeness (QED) is 0.614. The Kier molecular flexibility index (Phi) is 7.63. The standard InChI is InChI=1S/C23H27N3O5S/c1-25(14-21(27)24-17-7-5-6-8-20(17)32-4)23(29)15-11-22(28)26(13-15)18-12-16(30-2)9-10-19(18)31-3/h5-10,12,15H,11,13-14H2,1-4H3,(H,24,27). The lowest BCUT2D eigenvalue weighted by Crippen LogP contribution is -2.39. The molecule has 3 amide bonds. The lowest BCUT2D eigenvalue weighted by Gasteiger charge is -2.22. The summed E-state index contributed by atoms with van der Waals surface area (Å²) in [6, 6.07) is 12.7. The smallest absolute Gasteiger partial charge is 0.244 e. The third-order valence-electron chi connectivity index (χ3n) is 5.29. The van der Waals surface area contributed by atoms with E-state index in [1.54, 1.807) is 32.4 Å². The molecule has 170 valence electrons. The molecule has 1 heterocycles. The highest BCUT2D eigenvalue weighted by Crippen LogP contribution is 2.36. The fourth-order valence-corrected chi connectivity index (χ4v) is 4.21. The number of carbonyl (C=O) groups is 3. The van der Waals surface area contributed by atoms with E-state index in [1.807, 2.05) is 30.5 Å². The molecule has 1 unspecified atom stereocenters. The molecule has 2 aromatic carbocycles. The van der Waals surface area contributed by atoms with Gasteiger partial charge < -0.3 is 24.6 Å². The molecule has 0 aliphatic carbocycles. The van der Waals surface area contributed by atoms with Crippen LogP contribution in [0.25, 0.3) is 0 Å². The summed E-state index contributed by atoms with van der Waals surface area (Å²) >= 11 is 1.53. The summed E-state index contributed by atoms with van der Waals surface area (Å²) in [7, 11) is 4.64. The van der Waals surface area contributed by atoms with Crippen molar-refractivity contribution in [3.8, 4) is 11.5 Å². The van der Waals surface area contributed by atoms with Crippen molar-refractivity contribution in [3.63, 3.8) is 0 Å². The van der Waals surface area contributed by atoms with Gasteiger partial charge in [-0.25, -0.2) is 0 Å². The molecule has 2 aromatic rings. The van der Waals surface area contributed by atoms with Crippen LogP contribution in [0.1, 0.15) is 6.42 Å². The third-order valence-corrected chi connectivity index (χ3v) is 6.08. The highest BCUT2D eigenvalue weighted by Gasteiger charge is 2.38. The van der Waals surface area contributed by atoms with Gasteiger partial charge in [0.25, 0.3) is 0 Å². The summed E-state index contributed by atoms with van der Waals surface area (Å²) in [6.45, 7) is 0.108. The van der Waals surface area contributed by atoms with Gasteiger partial charge in [0.1, 0.15) is 11.5 Å². The molecule has 0 bridgehead atoms. The summed E-state index contributed by atoms with van der Waals surface area (Å²) in [5.41, 5.74) is 1.26. The van der Waals surface area contributed by atoms with E-state index in [2.05, 4.69) is 5.32 Å². The van der Waals surface area contributed by atoms with Crippen molar-refractivity contribution >= 4 is 40.9 Å². The lowest BCUT2D eigenvalue weighted by molar-refractivity contribution is -0.137. The average Bonchev–Trinajstić information content (AvgIpc) is 3.19. The van der Waals surface area contributed by atoms with Gasteiger partial charge in [-0.2, -0.15) is 0 Å². The number of amides is 3. The van der Waals surface area contributed by atoms with Crippen LogP contribution in [-0.4, -0.2) is 63.2 Å². The number of carbonyl (C=O) groups excluding carboxylic acids is 3. The summed E-state index contributed by atoms with van der Waals surface area (Å²) in [6.07, 6.45) is 2.00. The van der Waals surface area contributed by atoms with E-state index < -0.39 is 5.92 Å². The maximum absolute atomic E-state index is 13.0. The van der Waals surface area contributed by atoms with Crippen LogP contribution in [0.4, 0.5) is 11.4 Å². The van der Waals surface area contributed by atoms with Gasteiger partial charge >= 0.3 is 0 Å². The first kappa shape index (κ1) is 23.5. The first-order chi connectivity index (χ1) is 15.4. The van der Waals surface area contributed by atoms with Gasteiger partial charge in [0, 0.05) is 31.0 Å². The van der Waals surface area contributed by atoms with Gasteiger partial charge in [-0.05, 0) is 30.5 Å². The maximum atomic E-state index is 13.0. The summed E-state index contributed by atoms with van der Waals surface area (Å²) in [4.78, 5) is 42.0. The number of hydrogen-bond acceptors (Lipinski definition) is 6. The molecule has 1 aliphatic heterocycles. The molecular formula is C23H27N3O5S. The Hall–Kier alpha value is -3.20. The molecule has 1 atom stereocenters. The van der Waals surface area contributed by atoms with Gasteiger partial charge in [0.2, 0.25) is 17.7 Å². The second-order valence-electron chi connectivity index (χ2n) is 7.39. The number of nitrogens with one attached hydrogen (secondary N) is 1. The molecule has 9 heteroatoms. The van der Waals surface area contributed by atoms with Crippen molar-refractivity contribution in [2.24, 2.45) is 5.92 Å². The third kappa shape index (κ3) is 5.16. The van der Waals surface area contributed by atoms with E-state index in [0.29, 0.717) is 22.9 Å². The van der Waals surface area contributed by atoms with E-state index in [0.717, 1.165) is 4.90 Å². The van der Waals surface area contributed by atoms with Gasteiger partial charge in [-0.3, -0.25) is 14.4 Å². The molecule has 8 nitrogen and oxygen atoms in total. The van der Waals surface area contributed by atoms with Crippen molar-refractivity contribution in [2.75, 3.05) is 50.8 Å². The van der Waals surface area contributed by atoms with Crippen molar-refractivity contribution < 1.29 is 23.9 Å². The van der Waals surface area contributed by atoms with Crippen LogP contribution in [0.5, 0.6) is 11.5 Å². The van der Waals surface area contributed by atoms with E-state index >= 15 is 0 Å². The topological polar surface area (TPSA) is 88.2 Å². The zero-order valence-electron chi connectivity index (χ0n) is 18.6. The molecule has 0 aromatic heterocycles. The monoisotopic (exact) mass is 457 g/mol. The number of para-hydroxylation sites is 1. The van der Waals surface area contributed by atoms with E-state index in [4.69, 9.17) is 9.47 Å². The number of ether oxygens (including phenoxy) is 2. The van der Waals surface area contributed by atoms with Crippen molar-refractivity contribution in [1.29, 1.82) is 0 Å². The minimum atomic E-state index is -0.547. The number of thioether (sulfide) groups is 1. The highest BCUT2D eigenvalue weighted by atomic mass is 32.2. The number of likely N-dealkylation sites (N-methyl/N-ethyl adjacent to an activating group) is 1. The minimum Gasteiger partial charge on any atom is -0.497 e.